The molecule has 2 aliphatic heterocycles. The number of hydrogen-bond donors (Lipinski definition) is 1. The summed E-state index contributed by atoms with van der Waals surface area (Å²) in [5, 5.41) is 3.88. The Bertz CT molecular complexity index is 844. The summed E-state index contributed by atoms with van der Waals surface area (Å²) in [5.74, 6) is 4.30. The molecule has 0 aromatic carbocycles. The maximum Gasteiger partial charge on any atom is 0.302 e. The van der Waals surface area contributed by atoms with Gasteiger partial charge in [0.1, 0.15) is 11.8 Å². The third kappa shape index (κ3) is 3.18. The number of esters is 1. The first-order valence-electron chi connectivity index (χ1n) is 14.0. The number of fused-ring (bicyclic) bond motifs is 7. The Morgan fingerprint density at radius 1 is 1.12 bits per heavy atom. The molecule has 1 N–H and O–H groups in total. The van der Waals surface area contributed by atoms with Crippen LogP contribution in [0.15, 0.2) is 11.6 Å². The summed E-state index contributed by atoms with van der Waals surface area (Å²) in [5.41, 5.74) is 2.24. The average Bonchev–Trinajstić information content (AvgIpc) is 3.21. The monoisotopic (exact) mass is 455 g/mol. The van der Waals surface area contributed by atoms with E-state index in [4.69, 9.17) is 9.47 Å². The fourth-order valence-electron chi connectivity index (χ4n) is 10.2. The molecule has 2 saturated heterocycles. The van der Waals surface area contributed by atoms with Gasteiger partial charge in [0.2, 0.25) is 0 Å². The van der Waals surface area contributed by atoms with Gasteiger partial charge in [0, 0.05) is 25.8 Å². The molecule has 2 heterocycles. The predicted molar refractivity (Wildman–Crippen MR) is 129 cm³/mol. The smallest absolute Gasteiger partial charge is 0.302 e. The van der Waals surface area contributed by atoms with Gasteiger partial charge >= 0.3 is 5.97 Å². The Morgan fingerprint density at radius 3 is 2.67 bits per heavy atom. The van der Waals surface area contributed by atoms with Crippen molar-refractivity contribution in [2.45, 2.75) is 110 Å². The zero-order valence-electron chi connectivity index (χ0n) is 21.5. The predicted octanol–water partition coefficient (Wildman–Crippen LogP) is 5.86. The minimum Gasteiger partial charge on any atom is -0.462 e. The molecular formula is C29H45NO3. The van der Waals surface area contributed by atoms with Crippen LogP contribution in [0.3, 0.4) is 0 Å². The molecular weight excluding hydrogens is 410 g/mol. The molecule has 4 nitrogen and oxygen atoms in total. The molecule has 0 aromatic rings. The van der Waals surface area contributed by atoms with Gasteiger partial charge in [0.05, 0.1) is 6.10 Å². The molecule has 33 heavy (non-hydrogen) atoms. The van der Waals surface area contributed by atoms with Crippen LogP contribution in [-0.2, 0) is 14.3 Å². The van der Waals surface area contributed by atoms with Gasteiger partial charge in [0.15, 0.2) is 0 Å². The molecule has 6 aliphatic rings. The number of carbonyl (C=O) groups is 1. The van der Waals surface area contributed by atoms with Gasteiger partial charge in [0.25, 0.3) is 0 Å². The lowest BCUT2D eigenvalue weighted by Crippen LogP contribution is -2.57. The summed E-state index contributed by atoms with van der Waals surface area (Å²) in [4.78, 5) is 11.5. The van der Waals surface area contributed by atoms with Crippen LogP contribution in [0.2, 0.25) is 0 Å². The Labute approximate surface area is 200 Å². The second-order valence-corrected chi connectivity index (χ2v) is 13.4. The molecule has 0 aromatic heterocycles. The third-order valence-electron chi connectivity index (χ3n) is 11.9. The van der Waals surface area contributed by atoms with Crippen LogP contribution in [-0.4, -0.2) is 30.4 Å². The number of carbonyl (C=O) groups excluding carboxylic acids is 1. The maximum atomic E-state index is 11.5. The first kappa shape index (κ1) is 22.6. The largest absolute Gasteiger partial charge is 0.462 e. The fourth-order valence-corrected chi connectivity index (χ4v) is 10.2. The van der Waals surface area contributed by atoms with Gasteiger partial charge in [-0.25, -0.2) is 0 Å². The van der Waals surface area contributed by atoms with Crippen LogP contribution < -0.4 is 5.32 Å². The normalized spacial score (nSPS) is 55.2. The van der Waals surface area contributed by atoms with E-state index >= 15 is 0 Å². The summed E-state index contributed by atoms with van der Waals surface area (Å²) < 4.78 is 12.6. The van der Waals surface area contributed by atoms with E-state index in [2.05, 4.69) is 39.1 Å². The van der Waals surface area contributed by atoms with Crippen LogP contribution in [0.1, 0.15) is 92.4 Å². The van der Waals surface area contributed by atoms with Crippen molar-refractivity contribution in [3.8, 4) is 0 Å². The van der Waals surface area contributed by atoms with Crippen molar-refractivity contribution in [1.29, 1.82) is 0 Å². The van der Waals surface area contributed by atoms with Gasteiger partial charge in [-0.05, 0) is 91.8 Å². The van der Waals surface area contributed by atoms with E-state index in [9.17, 15) is 4.79 Å². The highest BCUT2D eigenvalue weighted by Crippen LogP contribution is 2.70. The van der Waals surface area contributed by atoms with Crippen molar-refractivity contribution in [2.75, 3.05) is 6.54 Å². The number of piperidine rings is 1. The lowest BCUT2D eigenvalue weighted by atomic mass is 9.47. The first-order valence-corrected chi connectivity index (χ1v) is 14.0. The number of nitrogens with one attached hydrogen (secondary N) is 1. The molecule has 6 rings (SSSR count). The highest BCUT2D eigenvalue weighted by molar-refractivity contribution is 5.66. The standard InChI is InChI=1S/C29H45NO3/c1-17-8-13-29(30-16-17)18(2)26-25(33-29)15-24-22-7-6-20-14-21(32-19(3)31)9-11-27(20,4)23(22)10-12-28(24,26)5/h6,17-18,21-26,30H,7-16H2,1-5H3/t17?,18?,21?,22?,23?,24?,25?,26?,27-,28-,29+/m0/s1. The fraction of sp³-hybridized carbons (Fsp3) is 0.897. The number of rotatable bonds is 1. The Balaban J connectivity index is 1.24. The Hall–Kier alpha value is -0.870. The molecule has 0 bridgehead atoms. The lowest BCUT2D eigenvalue weighted by molar-refractivity contribution is -0.148. The van der Waals surface area contributed by atoms with Gasteiger partial charge in [-0.1, -0.05) is 39.3 Å². The van der Waals surface area contributed by atoms with Crippen molar-refractivity contribution in [2.24, 2.45) is 46.3 Å². The van der Waals surface area contributed by atoms with Crippen LogP contribution in [0.25, 0.3) is 0 Å². The van der Waals surface area contributed by atoms with Crippen LogP contribution in [0.4, 0.5) is 0 Å². The SMILES string of the molecule is CC(=O)OC1CC[C@@]2(C)C(=CCC3C4CC5O[C@]6(CCC(C)CN6)C(C)C5[C@@]4(C)CCC32)C1. The molecule has 0 amide bonds. The maximum absolute atomic E-state index is 11.5. The van der Waals surface area contributed by atoms with Crippen LogP contribution in [0, 0.1) is 46.3 Å². The topological polar surface area (TPSA) is 47.6 Å². The second kappa shape index (κ2) is 7.56. The molecule has 11 atom stereocenters. The molecule has 8 unspecified atom stereocenters. The van der Waals surface area contributed by atoms with Crippen molar-refractivity contribution < 1.29 is 14.3 Å². The summed E-state index contributed by atoms with van der Waals surface area (Å²) in [6, 6.07) is 0. The number of allylic oxidation sites excluding steroid dienone is 1. The minimum absolute atomic E-state index is 0.0621. The van der Waals surface area contributed by atoms with E-state index in [0.29, 0.717) is 28.8 Å². The average molecular weight is 456 g/mol. The van der Waals surface area contributed by atoms with Crippen LogP contribution >= 0.6 is 0 Å². The van der Waals surface area contributed by atoms with Gasteiger partial charge in [-0.15, -0.1) is 0 Å². The van der Waals surface area contributed by atoms with E-state index < -0.39 is 0 Å². The lowest BCUT2D eigenvalue weighted by Gasteiger charge is -2.58. The highest BCUT2D eigenvalue weighted by atomic mass is 16.5. The quantitative estimate of drug-likeness (QED) is 0.397. The van der Waals surface area contributed by atoms with Crippen molar-refractivity contribution in [3.63, 3.8) is 0 Å². The van der Waals surface area contributed by atoms with E-state index in [1.165, 1.54) is 44.9 Å². The van der Waals surface area contributed by atoms with Gasteiger partial charge in [-0.3, -0.25) is 10.1 Å². The molecule has 4 heteroatoms. The molecule has 1 spiro atoms. The molecule has 5 fully saturated rings. The Kier molecular flexibility index (Phi) is 5.18. The summed E-state index contributed by atoms with van der Waals surface area (Å²) >= 11 is 0. The zero-order chi connectivity index (χ0) is 23.2. The van der Waals surface area contributed by atoms with Gasteiger partial charge in [-0.2, -0.15) is 0 Å². The third-order valence-corrected chi connectivity index (χ3v) is 11.9. The summed E-state index contributed by atoms with van der Waals surface area (Å²) in [6.07, 6.45) is 13.9. The second-order valence-electron chi connectivity index (χ2n) is 13.4. The van der Waals surface area contributed by atoms with Gasteiger partial charge < -0.3 is 9.47 Å². The summed E-state index contributed by atoms with van der Waals surface area (Å²) in [7, 11) is 0. The number of hydrogen-bond acceptors (Lipinski definition) is 4. The highest BCUT2D eigenvalue weighted by Gasteiger charge is 2.68. The van der Waals surface area contributed by atoms with E-state index in [1.807, 2.05) is 0 Å². The zero-order valence-corrected chi connectivity index (χ0v) is 21.5. The van der Waals surface area contributed by atoms with Crippen molar-refractivity contribution in [3.05, 3.63) is 11.6 Å². The van der Waals surface area contributed by atoms with Crippen molar-refractivity contribution in [1.82, 2.24) is 5.32 Å². The Morgan fingerprint density at radius 2 is 1.94 bits per heavy atom. The minimum atomic E-state index is -0.127. The molecule has 0 radical (unpaired) electrons. The first-order chi connectivity index (χ1) is 15.7. The van der Waals surface area contributed by atoms with Crippen LogP contribution in [0.5, 0.6) is 0 Å². The molecule has 184 valence electrons. The van der Waals surface area contributed by atoms with E-state index in [-0.39, 0.29) is 17.8 Å². The molecule has 3 saturated carbocycles. The number of ether oxygens (including phenoxy) is 2. The summed E-state index contributed by atoms with van der Waals surface area (Å²) in [6.45, 7) is 12.7. The van der Waals surface area contributed by atoms with E-state index in [0.717, 1.165) is 43.1 Å². The van der Waals surface area contributed by atoms with Crippen molar-refractivity contribution >= 4 is 5.97 Å². The van der Waals surface area contributed by atoms with E-state index in [1.54, 1.807) is 12.5 Å². The molecule has 4 aliphatic carbocycles.